The molecule has 2 nitrogen and oxygen atoms in total. The quantitative estimate of drug-likeness (QED) is 0.155. The van der Waals surface area contributed by atoms with Crippen molar-refractivity contribution in [3.8, 4) is 33.4 Å². The molecule has 0 N–H and O–H groups in total. The number of furan rings is 1. The van der Waals surface area contributed by atoms with E-state index >= 15 is 0 Å². The standard InChI is InChI=1S/C70H47NO/c1-69(2)59-31-15-11-27-52(59)56-30-19-34-63(68(56)69)71(47-37-39-53-51-26-12-16-32-60(51)70(61(53)43-47,45-20-5-3-6-21-45)46-22-7-4-8-23-46)62-33-17-13-24-48(62)44-36-38-50-49-25-9-10-28-54(49)66-55(58(50)42-44)40-41-65-67(66)57-29-14-18-35-64(57)72-65/h3-43H,1-2H3. The molecule has 0 saturated heterocycles. The summed E-state index contributed by atoms with van der Waals surface area (Å²) in [6.07, 6.45) is 0. The van der Waals surface area contributed by atoms with Gasteiger partial charge in [0.05, 0.1) is 16.8 Å². The zero-order valence-electron chi connectivity index (χ0n) is 40.0. The Balaban J connectivity index is 1.02. The third-order valence-electron chi connectivity index (χ3n) is 16.3. The first kappa shape index (κ1) is 40.9. The maximum Gasteiger partial charge on any atom is 0.136 e. The van der Waals surface area contributed by atoms with E-state index in [2.05, 4.69) is 267 Å². The van der Waals surface area contributed by atoms with E-state index in [-0.39, 0.29) is 5.41 Å². The van der Waals surface area contributed by atoms with Gasteiger partial charge >= 0.3 is 0 Å². The van der Waals surface area contributed by atoms with E-state index in [1.54, 1.807) is 0 Å². The highest BCUT2D eigenvalue weighted by atomic mass is 16.3. The highest BCUT2D eigenvalue weighted by Gasteiger charge is 2.47. The van der Waals surface area contributed by atoms with Crippen LogP contribution in [0.3, 0.4) is 0 Å². The van der Waals surface area contributed by atoms with E-state index in [0.717, 1.165) is 39.1 Å². The first-order chi connectivity index (χ1) is 35.5. The molecule has 0 spiro atoms. The molecule has 0 saturated carbocycles. The van der Waals surface area contributed by atoms with Crippen LogP contribution in [0.1, 0.15) is 47.2 Å². The van der Waals surface area contributed by atoms with Gasteiger partial charge in [-0.1, -0.05) is 214 Å². The summed E-state index contributed by atoms with van der Waals surface area (Å²) in [6.45, 7) is 4.80. The zero-order chi connectivity index (χ0) is 47.7. The number of hydrogen-bond acceptors (Lipinski definition) is 2. The fraction of sp³-hybridized carbons (Fsp3) is 0.0571. The zero-order valence-corrected chi connectivity index (χ0v) is 40.0. The molecule has 2 aliphatic rings. The molecule has 0 atom stereocenters. The molecule has 0 amide bonds. The summed E-state index contributed by atoms with van der Waals surface area (Å²) in [5.74, 6) is 0. The minimum Gasteiger partial charge on any atom is -0.456 e. The largest absolute Gasteiger partial charge is 0.456 e. The molecule has 15 rings (SSSR count). The number of fused-ring (bicyclic) bond motifs is 16. The smallest absolute Gasteiger partial charge is 0.136 e. The third kappa shape index (κ3) is 5.55. The normalized spacial score (nSPS) is 13.9. The van der Waals surface area contributed by atoms with Crippen molar-refractivity contribution in [2.45, 2.75) is 24.7 Å². The lowest BCUT2D eigenvalue weighted by Gasteiger charge is -2.36. The Morgan fingerprint density at radius 3 is 1.67 bits per heavy atom. The minimum atomic E-state index is -0.558. The van der Waals surface area contributed by atoms with E-state index in [4.69, 9.17) is 4.42 Å². The fourth-order valence-corrected chi connectivity index (χ4v) is 13.3. The summed E-state index contributed by atoms with van der Waals surface area (Å²) in [4.78, 5) is 2.58. The van der Waals surface area contributed by atoms with Crippen LogP contribution in [0, 0.1) is 0 Å². The number of hydrogen-bond donors (Lipinski definition) is 0. The van der Waals surface area contributed by atoms with Crippen molar-refractivity contribution in [1.29, 1.82) is 0 Å². The Hall–Kier alpha value is -8.98. The monoisotopic (exact) mass is 917 g/mol. The van der Waals surface area contributed by atoms with Gasteiger partial charge in [-0.3, -0.25) is 0 Å². The van der Waals surface area contributed by atoms with E-state index in [0.29, 0.717) is 0 Å². The molecule has 1 heterocycles. The molecule has 1 aromatic heterocycles. The predicted octanol–water partition coefficient (Wildman–Crippen LogP) is 18.9. The summed E-state index contributed by atoms with van der Waals surface area (Å²) >= 11 is 0. The highest BCUT2D eigenvalue weighted by Crippen LogP contribution is 2.59. The average Bonchev–Trinajstić information content (AvgIpc) is 4.05. The van der Waals surface area contributed by atoms with E-state index in [1.807, 2.05) is 0 Å². The van der Waals surface area contributed by atoms with Gasteiger partial charge in [0.15, 0.2) is 0 Å². The maximum absolute atomic E-state index is 6.51. The number of para-hydroxylation sites is 2. The topological polar surface area (TPSA) is 16.4 Å². The molecule has 0 bridgehead atoms. The fourth-order valence-electron chi connectivity index (χ4n) is 13.3. The van der Waals surface area contributed by atoms with Crippen LogP contribution in [0.2, 0.25) is 0 Å². The maximum atomic E-state index is 6.51. The van der Waals surface area contributed by atoms with Crippen LogP contribution in [0.15, 0.2) is 253 Å². The number of benzene rings is 12. The average molecular weight is 918 g/mol. The van der Waals surface area contributed by atoms with Crippen LogP contribution < -0.4 is 4.90 Å². The van der Waals surface area contributed by atoms with Crippen LogP contribution in [0.5, 0.6) is 0 Å². The van der Waals surface area contributed by atoms with Gasteiger partial charge in [0, 0.05) is 32.8 Å². The van der Waals surface area contributed by atoms with Crippen LogP contribution in [0.25, 0.3) is 87.6 Å². The van der Waals surface area contributed by atoms with Gasteiger partial charge in [-0.25, -0.2) is 0 Å². The second kappa shape index (κ2) is 15.3. The highest BCUT2D eigenvalue weighted by molar-refractivity contribution is 6.34. The van der Waals surface area contributed by atoms with Crippen LogP contribution >= 0.6 is 0 Å². The van der Waals surface area contributed by atoms with Gasteiger partial charge in [-0.05, 0) is 137 Å². The Morgan fingerprint density at radius 1 is 0.333 bits per heavy atom. The third-order valence-corrected chi connectivity index (χ3v) is 16.3. The molecule has 0 unspecified atom stereocenters. The minimum absolute atomic E-state index is 0.272. The second-order valence-corrected chi connectivity index (χ2v) is 20.2. The summed E-state index contributed by atoms with van der Waals surface area (Å²) in [5.41, 5.74) is 19.6. The predicted molar refractivity (Wildman–Crippen MR) is 301 cm³/mol. The first-order valence-electron chi connectivity index (χ1n) is 25.2. The molecule has 338 valence electrons. The molecule has 12 aromatic carbocycles. The molecule has 2 aliphatic carbocycles. The van der Waals surface area contributed by atoms with E-state index < -0.39 is 5.41 Å². The lowest BCUT2D eigenvalue weighted by atomic mass is 9.67. The molecule has 13 aromatic rings. The molecule has 2 heteroatoms. The van der Waals surface area contributed by atoms with Gasteiger partial charge in [0.25, 0.3) is 0 Å². The molecular weight excluding hydrogens is 871 g/mol. The van der Waals surface area contributed by atoms with E-state index in [9.17, 15) is 0 Å². The molecule has 72 heavy (non-hydrogen) atoms. The van der Waals surface area contributed by atoms with Crippen molar-refractivity contribution < 1.29 is 4.42 Å². The SMILES string of the molecule is CC1(C)c2ccccc2-c2cccc(N(c3ccc4c(c3)C(c3ccccc3)(c3ccccc3)c3ccccc3-4)c3ccccc3-c3ccc4c5ccccc5c5c(ccc6oc7ccccc7c65)c4c3)c21. The second-order valence-electron chi connectivity index (χ2n) is 20.2. The lowest BCUT2D eigenvalue weighted by Crippen LogP contribution is -2.29. The Bertz CT molecular complexity index is 4330. The number of rotatable bonds is 6. The molecule has 0 radical (unpaired) electrons. The Kier molecular flexibility index (Phi) is 8.66. The van der Waals surface area contributed by atoms with Crippen molar-refractivity contribution in [3.05, 3.63) is 282 Å². The summed E-state index contributed by atoms with van der Waals surface area (Å²) in [5, 5.41) is 9.68. The van der Waals surface area contributed by atoms with E-state index in [1.165, 1.54) is 99.0 Å². The Labute approximate surface area is 418 Å². The number of anilines is 3. The number of nitrogens with zero attached hydrogens (tertiary/aromatic N) is 1. The van der Waals surface area contributed by atoms with Crippen molar-refractivity contribution >= 4 is 71.3 Å². The van der Waals surface area contributed by atoms with Crippen molar-refractivity contribution in [2.75, 3.05) is 4.90 Å². The van der Waals surface area contributed by atoms with Gasteiger partial charge in [-0.2, -0.15) is 0 Å². The summed E-state index contributed by atoms with van der Waals surface area (Å²) in [6, 6.07) is 92.5. The Morgan fingerprint density at radius 2 is 0.889 bits per heavy atom. The molecular formula is C70H47NO. The summed E-state index contributed by atoms with van der Waals surface area (Å²) < 4.78 is 6.51. The first-order valence-corrected chi connectivity index (χ1v) is 25.2. The lowest BCUT2D eigenvalue weighted by molar-refractivity contribution is 0.661. The van der Waals surface area contributed by atoms with Gasteiger partial charge < -0.3 is 9.32 Å². The van der Waals surface area contributed by atoms with Gasteiger partial charge in [-0.15, -0.1) is 0 Å². The molecule has 0 fully saturated rings. The van der Waals surface area contributed by atoms with Crippen LogP contribution in [-0.4, -0.2) is 0 Å². The van der Waals surface area contributed by atoms with Crippen LogP contribution in [0.4, 0.5) is 17.1 Å². The van der Waals surface area contributed by atoms with Gasteiger partial charge in [0.1, 0.15) is 11.2 Å². The summed E-state index contributed by atoms with van der Waals surface area (Å²) in [7, 11) is 0. The van der Waals surface area contributed by atoms with Crippen molar-refractivity contribution in [2.24, 2.45) is 0 Å². The van der Waals surface area contributed by atoms with Gasteiger partial charge in [0.2, 0.25) is 0 Å². The van der Waals surface area contributed by atoms with Crippen LogP contribution in [-0.2, 0) is 10.8 Å². The van der Waals surface area contributed by atoms with Crippen molar-refractivity contribution in [3.63, 3.8) is 0 Å². The van der Waals surface area contributed by atoms with Crippen molar-refractivity contribution in [1.82, 2.24) is 0 Å². The molecule has 0 aliphatic heterocycles.